The predicted molar refractivity (Wildman–Crippen MR) is 88.6 cm³/mol. The molecule has 6 heteroatoms. The second kappa shape index (κ2) is 7.10. The van der Waals surface area contributed by atoms with E-state index >= 15 is 0 Å². The molecule has 2 aromatic rings. The smallest absolute Gasteiger partial charge is 0.223 e. The van der Waals surface area contributed by atoms with E-state index in [0.29, 0.717) is 19.8 Å². The van der Waals surface area contributed by atoms with E-state index in [1.165, 1.54) is 11.3 Å². The van der Waals surface area contributed by atoms with Crippen LogP contribution < -0.4 is 0 Å². The number of Topliss-reactive ketones (excluding diaryl/α,β-unsaturated/α-hetero) is 1. The van der Waals surface area contributed by atoms with Crippen LogP contribution in [0, 0.1) is 0 Å². The van der Waals surface area contributed by atoms with Gasteiger partial charge in [-0.25, -0.2) is 0 Å². The largest absolute Gasteiger partial charge is 0.377 e. The Labute approximate surface area is 139 Å². The van der Waals surface area contributed by atoms with Crippen LogP contribution in [0.4, 0.5) is 0 Å². The molecule has 0 aliphatic carbocycles. The topological polar surface area (TPSA) is 51.5 Å². The summed E-state index contributed by atoms with van der Waals surface area (Å²) in [6.07, 6.45) is 2.47. The second-order valence-corrected chi connectivity index (χ2v) is 6.57. The number of aromatic nitrogens is 1. The Hall–Kier alpha value is -1.92. The number of amides is 1. The highest BCUT2D eigenvalue weighted by molar-refractivity contribution is 7.12. The molecule has 23 heavy (non-hydrogen) atoms. The molecule has 122 valence electrons. The van der Waals surface area contributed by atoms with E-state index in [1.54, 1.807) is 6.07 Å². The maximum Gasteiger partial charge on any atom is 0.223 e. The van der Waals surface area contributed by atoms with Crippen LogP contribution in [0.2, 0.25) is 0 Å². The van der Waals surface area contributed by atoms with Crippen LogP contribution >= 0.6 is 11.3 Å². The number of rotatable bonds is 5. The first-order valence-corrected chi connectivity index (χ1v) is 8.60. The molecule has 1 amide bonds. The predicted octanol–water partition coefficient (Wildman–Crippen LogP) is 2.65. The molecule has 3 heterocycles. The van der Waals surface area contributed by atoms with E-state index in [2.05, 4.69) is 0 Å². The van der Waals surface area contributed by atoms with Crippen molar-refractivity contribution in [1.29, 1.82) is 0 Å². The lowest BCUT2D eigenvalue weighted by Crippen LogP contribution is -2.44. The Morgan fingerprint density at radius 3 is 2.87 bits per heavy atom. The molecule has 0 unspecified atom stereocenters. The summed E-state index contributed by atoms with van der Waals surface area (Å²) in [5.41, 5.74) is 1.06. The van der Waals surface area contributed by atoms with Crippen molar-refractivity contribution in [2.75, 3.05) is 19.8 Å². The number of aryl methyl sites for hydroxylation is 1. The monoisotopic (exact) mass is 332 g/mol. The number of morpholine rings is 1. The molecule has 1 atom stereocenters. The molecule has 2 aromatic heterocycles. The third-order valence-electron chi connectivity index (χ3n) is 4.14. The summed E-state index contributed by atoms with van der Waals surface area (Å²) in [5.74, 6) is 0.0569. The van der Waals surface area contributed by atoms with E-state index in [4.69, 9.17) is 4.74 Å². The zero-order chi connectivity index (χ0) is 16.2. The number of ketones is 1. The summed E-state index contributed by atoms with van der Waals surface area (Å²) in [4.78, 5) is 27.2. The number of hydrogen-bond acceptors (Lipinski definition) is 4. The SMILES string of the molecule is Cn1cccc1[C@H]1COCCN1C(=O)CCC(=O)c1cccs1. The van der Waals surface area contributed by atoms with Crippen molar-refractivity contribution >= 4 is 23.0 Å². The lowest BCUT2D eigenvalue weighted by Gasteiger charge is -2.36. The van der Waals surface area contributed by atoms with Gasteiger partial charge in [0.2, 0.25) is 5.91 Å². The summed E-state index contributed by atoms with van der Waals surface area (Å²) in [6.45, 7) is 1.62. The van der Waals surface area contributed by atoms with Gasteiger partial charge in [0.25, 0.3) is 0 Å². The minimum Gasteiger partial charge on any atom is -0.377 e. The lowest BCUT2D eigenvalue weighted by molar-refractivity contribution is -0.140. The van der Waals surface area contributed by atoms with Crippen LogP contribution in [-0.2, 0) is 16.6 Å². The van der Waals surface area contributed by atoms with E-state index in [0.717, 1.165) is 10.6 Å². The summed E-state index contributed by atoms with van der Waals surface area (Å²) in [7, 11) is 1.97. The van der Waals surface area contributed by atoms with Crippen LogP contribution in [0.1, 0.15) is 34.2 Å². The van der Waals surface area contributed by atoms with Crippen LogP contribution in [-0.4, -0.2) is 40.9 Å². The Morgan fingerprint density at radius 1 is 1.30 bits per heavy atom. The third-order valence-corrected chi connectivity index (χ3v) is 5.05. The first-order valence-electron chi connectivity index (χ1n) is 7.72. The number of carbonyl (C=O) groups excluding carboxylic acids is 2. The Balaban J connectivity index is 1.65. The number of ether oxygens (including phenoxy) is 1. The van der Waals surface area contributed by atoms with Gasteiger partial charge in [-0.05, 0) is 23.6 Å². The molecule has 0 aromatic carbocycles. The summed E-state index contributed by atoms with van der Waals surface area (Å²) in [5, 5.41) is 1.88. The van der Waals surface area contributed by atoms with Crippen molar-refractivity contribution in [3.05, 3.63) is 46.4 Å². The summed E-state index contributed by atoms with van der Waals surface area (Å²) in [6, 6.07) is 7.56. The standard InChI is InChI=1S/C17H20N2O3S/c1-18-8-2-4-13(18)14-12-22-10-9-19(14)17(21)7-6-15(20)16-5-3-11-23-16/h2-5,8,11,14H,6-7,9-10,12H2,1H3/t14-/m1/s1. The normalized spacial score (nSPS) is 18.1. The maximum atomic E-state index is 12.6. The Morgan fingerprint density at radius 2 is 2.17 bits per heavy atom. The van der Waals surface area contributed by atoms with Gasteiger partial charge >= 0.3 is 0 Å². The average Bonchev–Trinajstić information content (AvgIpc) is 3.23. The third kappa shape index (κ3) is 3.54. The molecule has 0 bridgehead atoms. The Bertz CT molecular complexity index is 678. The quantitative estimate of drug-likeness (QED) is 0.791. The maximum absolute atomic E-state index is 12.6. The van der Waals surface area contributed by atoms with Gasteiger partial charge in [0.1, 0.15) is 0 Å². The van der Waals surface area contributed by atoms with Gasteiger partial charge in [0, 0.05) is 38.3 Å². The fourth-order valence-electron chi connectivity index (χ4n) is 2.89. The highest BCUT2D eigenvalue weighted by Gasteiger charge is 2.30. The molecule has 1 saturated heterocycles. The first kappa shape index (κ1) is 16.0. The van der Waals surface area contributed by atoms with E-state index < -0.39 is 0 Å². The van der Waals surface area contributed by atoms with Crippen LogP contribution in [0.5, 0.6) is 0 Å². The highest BCUT2D eigenvalue weighted by atomic mass is 32.1. The fraction of sp³-hybridized carbons (Fsp3) is 0.412. The van der Waals surface area contributed by atoms with Crippen molar-refractivity contribution < 1.29 is 14.3 Å². The van der Waals surface area contributed by atoms with Gasteiger partial charge < -0.3 is 14.2 Å². The van der Waals surface area contributed by atoms with Crippen LogP contribution in [0.15, 0.2) is 35.8 Å². The molecule has 0 radical (unpaired) electrons. The van der Waals surface area contributed by atoms with Gasteiger partial charge in [0.05, 0.1) is 24.1 Å². The van der Waals surface area contributed by atoms with Crippen molar-refractivity contribution in [1.82, 2.24) is 9.47 Å². The average molecular weight is 332 g/mol. The number of nitrogens with zero attached hydrogens (tertiary/aromatic N) is 2. The van der Waals surface area contributed by atoms with Gasteiger partial charge in [-0.2, -0.15) is 0 Å². The highest BCUT2D eigenvalue weighted by Crippen LogP contribution is 2.25. The Kier molecular flexibility index (Phi) is 4.93. The van der Waals surface area contributed by atoms with Crippen molar-refractivity contribution in [2.45, 2.75) is 18.9 Å². The number of thiophene rings is 1. The number of carbonyl (C=O) groups is 2. The lowest BCUT2D eigenvalue weighted by atomic mass is 10.1. The molecule has 1 fully saturated rings. The molecule has 0 saturated carbocycles. The van der Waals surface area contributed by atoms with Crippen LogP contribution in [0.25, 0.3) is 0 Å². The van der Waals surface area contributed by atoms with Crippen molar-refractivity contribution in [3.63, 3.8) is 0 Å². The molecule has 0 N–H and O–H groups in total. The summed E-state index contributed by atoms with van der Waals surface area (Å²) >= 11 is 1.42. The fourth-order valence-corrected chi connectivity index (χ4v) is 3.59. The number of hydrogen-bond donors (Lipinski definition) is 0. The molecule has 1 aliphatic rings. The minimum absolute atomic E-state index is 0.0180. The molecule has 3 rings (SSSR count). The van der Waals surface area contributed by atoms with E-state index in [9.17, 15) is 9.59 Å². The zero-order valence-corrected chi connectivity index (χ0v) is 13.9. The first-order chi connectivity index (χ1) is 11.2. The van der Waals surface area contributed by atoms with Gasteiger partial charge in [0.15, 0.2) is 5.78 Å². The molecule has 0 spiro atoms. The molecule has 1 aliphatic heterocycles. The zero-order valence-electron chi connectivity index (χ0n) is 13.1. The van der Waals surface area contributed by atoms with E-state index in [1.807, 2.05) is 46.3 Å². The molecule has 5 nitrogen and oxygen atoms in total. The van der Waals surface area contributed by atoms with Crippen LogP contribution in [0.3, 0.4) is 0 Å². The molecular formula is C17H20N2O3S. The second-order valence-electron chi connectivity index (χ2n) is 5.62. The van der Waals surface area contributed by atoms with Gasteiger partial charge in [-0.3, -0.25) is 9.59 Å². The van der Waals surface area contributed by atoms with Crippen molar-refractivity contribution in [3.8, 4) is 0 Å². The minimum atomic E-state index is -0.0758. The van der Waals surface area contributed by atoms with E-state index in [-0.39, 0.29) is 30.6 Å². The van der Waals surface area contributed by atoms with Crippen molar-refractivity contribution in [2.24, 2.45) is 7.05 Å². The summed E-state index contributed by atoms with van der Waals surface area (Å²) < 4.78 is 7.56. The van der Waals surface area contributed by atoms with Gasteiger partial charge in [-0.1, -0.05) is 6.07 Å². The van der Waals surface area contributed by atoms with Gasteiger partial charge in [-0.15, -0.1) is 11.3 Å². The molecular weight excluding hydrogens is 312 g/mol.